The van der Waals surface area contributed by atoms with Gasteiger partial charge in [0.15, 0.2) is 9.84 Å². The first kappa shape index (κ1) is 15.1. The van der Waals surface area contributed by atoms with Crippen LogP contribution in [0.2, 0.25) is 0 Å². The van der Waals surface area contributed by atoms with E-state index in [0.717, 1.165) is 0 Å². The number of benzene rings is 1. The quantitative estimate of drug-likeness (QED) is 0.662. The van der Waals surface area contributed by atoms with Gasteiger partial charge in [0.05, 0.1) is 10.6 Å². The van der Waals surface area contributed by atoms with Gasteiger partial charge < -0.3 is 5.32 Å². The van der Waals surface area contributed by atoms with Gasteiger partial charge in [0, 0.05) is 5.54 Å². The highest BCUT2D eigenvalue weighted by molar-refractivity contribution is 7.91. The Bertz CT molecular complexity index is 475. The summed E-state index contributed by atoms with van der Waals surface area (Å²) in [6, 6.07) is 4.95. The van der Waals surface area contributed by atoms with Crippen molar-refractivity contribution in [2.75, 3.05) is 12.3 Å². The molecule has 0 unspecified atom stereocenters. The van der Waals surface area contributed by atoms with Gasteiger partial charge in [0.25, 0.3) is 0 Å². The van der Waals surface area contributed by atoms with E-state index in [0.29, 0.717) is 13.0 Å². The fourth-order valence-electron chi connectivity index (χ4n) is 1.49. The molecule has 18 heavy (non-hydrogen) atoms. The van der Waals surface area contributed by atoms with E-state index in [1.165, 1.54) is 24.3 Å². The van der Waals surface area contributed by atoms with Crippen molar-refractivity contribution in [3.8, 4) is 0 Å². The molecule has 0 aliphatic carbocycles. The molecule has 102 valence electrons. The van der Waals surface area contributed by atoms with E-state index in [4.69, 9.17) is 0 Å². The highest BCUT2D eigenvalue weighted by Gasteiger charge is 2.15. The van der Waals surface area contributed by atoms with Crippen molar-refractivity contribution >= 4 is 9.84 Å². The van der Waals surface area contributed by atoms with Crippen LogP contribution in [0, 0.1) is 5.82 Å². The van der Waals surface area contributed by atoms with Gasteiger partial charge in [-0.2, -0.15) is 0 Å². The molecule has 1 aromatic carbocycles. The number of hydrogen-bond donors (Lipinski definition) is 1. The van der Waals surface area contributed by atoms with Crippen molar-refractivity contribution < 1.29 is 12.8 Å². The minimum atomic E-state index is -3.30. The number of halogens is 1. The maximum atomic E-state index is 12.7. The zero-order valence-corrected chi connectivity index (χ0v) is 11.8. The Labute approximate surface area is 108 Å². The second-order valence-electron chi connectivity index (χ2n) is 5.30. The fourth-order valence-corrected chi connectivity index (χ4v) is 2.80. The van der Waals surface area contributed by atoms with Crippen LogP contribution < -0.4 is 5.32 Å². The van der Waals surface area contributed by atoms with Crippen LogP contribution >= 0.6 is 0 Å². The number of nitrogens with one attached hydrogen (secondary N) is 1. The van der Waals surface area contributed by atoms with E-state index in [2.05, 4.69) is 5.32 Å². The Hall–Kier alpha value is -0.940. The van der Waals surface area contributed by atoms with Crippen molar-refractivity contribution in [1.29, 1.82) is 0 Å². The maximum absolute atomic E-state index is 12.7. The molecule has 5 heteroatoms. The maximum Gasteiger partial charge on any atom is 0.178 e. The van der Waals surface area contributed by atoms with E-state index >= 15 is 0 Å². The van der Waals surface area contributed by atoms with Gasteiger partial charge in [-0.1, -0.05) is 0 Å². The lowest BCUT2D eigenvalue weighted by Gasteiger charge is -2.20. The van der Waals surface area contributed by atoms with Gasteiger partial charge in [0.1, 0.15) is 5.82 Å². The van der Waals surface area contributed by atoms with Crippen LogP contribution in [0.1, 0.15) is 27.2 Å². The van der Waals surface area contributed by atoms with Gasteiger partial charge in [-0.05, 0) is 58.0 Å². The average Bonchev–Trinajstić information content (AvgIpc) is 2.24. The second-order valence-corrected chi connectivity index (χ2v) is 7.41. The molecule has 0 fully saturated rings. The summed E-state index contributed by atoms with van der Waals surface area (Å²) in [5.74, 6) is -0.356. The first-order valence-corrected chi connectivity index (χ1v) is 7.59. The van der Waals surface area contributed by atoms with E-state index in [1.54, 1.807) is 0 Å². The topological polar surface area (TPSA) is 46.2 Å². The number of rotatable bonds is 5. The van der Waals surface area contributed by atoms with Gasteiger partial charge in [-0.25, -0.2) is 12.8 Å². The van der Waals surface area contributed by atoms with Crippen LogP contribution in [0.3, 0.4) is 0 Å². The van der Waals surface area contributed by atoms with E-state index in [1.807, 2.05) is 20.8 Å². The molecule has 0 saturated heterocycles. The highest BCUT2D eigenvalue weighted by atomic mass is 32.2. The first-order valence-electron chi connectivity index (χ1n) is 5.94. The molecule has 0 radical (unpaired) electrons. The summed E-state index contributed by atoms with van der Waals surface area (Å²) >= 11 is 0. The standard InChI is InChI=1S/C13H20FNO2S/c1-13(2,3)15-9-4-10-18(16,17)12-7-5-11(14)6-8-12/h5-8,15H,4,9-10H2,1-3H3. The third-order valence-corrected chi connectivity index (χ3v) is 4.23. The molecule has 0 bridgehead atoms. The molecule has 0 amide bonds. The van der Waals surface area contributed by atoms with Crippen LogP contribution in [-0.4, -0.2) is 26.3 Å². The molecule has 1 N–H and O–H groups in total. The van der Waals surface area contributed by atoms with Crippen molar-refractivity contribution in [3.05, 3.63) is 30.1 Å². The van der Waals surface area contributed by atoms with Crippen LogP contribution in [0.25, 0.3) is 0 Å². The summed E-state index contributed by atoms with van der Waals surface area (Å²) in [5, 5.41) is 3.23. The summed E-state index contributed by atoms with van der Waals surface area (Å²) < 4.78 is 36.5. The van der Waals surface area contributed by atoms with Crippen LogP contribution in [0.5, 0.6) is 0 Å². The third kappa shape index (κ3) is 5.14. The minimum absolute atomic E-state index is 0.0142. The summed E-state index contributed by atoms with van der Waals surface area (Å²) in [6.45, 7) is 6.73. The van der Waals surface area contributed by atoms with E-state index in [-0.39, 0.29) is 16.2 Å². The molecule has 1 rings (SSSR count). The number of sulfone groups is 1. The van der Waals surface area contributed by atoms with Crippen LogP contribution in [0.15, 0.2) is 29.2 Å². The zero-order valence-electron chi connectivity index (χ0n) is 11.0. The lowest BCUT2D eigenvalue weighted by atomic mass is 10.1. The van der Waals surface area contributed by atoms with Crippen LogP contribution in [0.4, 0.5) is 4.39 Å². The molecule has 0 aromatic heterocycles. The largest absolute Gasteiger partial charge is 0.312 e. The Morgan fingerprint density at radius 1 is 1.17 bits per heavy atom. The summed E-state index contributed by atoms with van der Waals surface area (Å²) in [4.78, 5) is 0.180. The summed E-state index contributed by atoms with van der Waals surface area (Å²) in [7, 11) is -3.30. The molecule has 0 saturated carbocycles. The SMILES string of the molecule is CC(C)(C)NCCCS(=O)(=O)c1ccc(F)cc1. The molecule has 0 spiro atoms. The summed E-state index contributed by atoms with van der Waals surface area (Å²) in [5.41, 5.74) is -0.0142. The fraction of sp³-hybridized carbons (Fsp3) is 0.538. The molecular formula is C13H20FNO2S. The van der Waals surface area contributed by atoms with Gasteiger partial charge in [-0.3, -0.25) is 0 Å². The molecule has 0 aliphatic heterocycles. The second kappa shape index (κ2) is 5.80. The lowest BCUT2D eigenvalue weighted by Crippen LogP contribution is -2.36. The molecule has 3 nitrogen and oxygen atoms in total. The Morgan fingerprint density at radius 2 is 1.72 bits per heavy atom. The Morgan fingerprint density at radius 3 is 2.22 bits per heavy atom. The molecule has 0 atom stereocenters. The smallest absolute Gasteiger partial charge is 0.178 e. The van der Waals surface area contributed by atoms with Crippen molar-refractivity contribution in [2.45, 2.75) is 37.6 Å². The van der Waals surface area contributed by atoms with Gasteiger partial charge >= 0.3 is 0 Å². The highest BCUT2D eigenvalue weighted by Crippen LogP contribution is 2.12. The third-order valence-electron chi connectivity index (χ3n) is 2.42. The predicted octanol–water partition coefficient (Wildman–Crippen LogP) is 2.38. The minimum Gasteiger partial charge on any atom is -0.312 e. The molecule has 1 aromatic rings. The van der Waals surface area contributed by atoms with Crippen molar-refractivity contribution in [3.63, 3.8) is 0 Å². The van der Waals surface area contributed by atoms with Crippen LogP contribution in [-0.2, 0) is 9.84 Å². The van der Waals surface area contributed by atoms with Gasteiger partial charge in [0.2, 0.25) is 0 Å². The zero-order chi connectivity index (χ0) is 13.8. The monoisotopic (exact) mass is 273 g/mol. The van der Waals surface area contributed by atoms with E-state index < -0.39 is 15.7 Å². The molecule has 0 aliphatic rings. The number of hydrogen-bond acceptors (Lipinski definition) is 3. The average molecular weight is 273 g/mol. The van der Waals surface area contributed by atoms with Crippen molar-refractivity contribution in [2.24, 2.45) is 0 Å². The lowest BCUT2D eigenvalue weighted by molar-refractivity contribution is 0.426. The summed E-state index contributed by atoms with van der Waals surface area (Å²) in [6.07, 6.45) is 0.539. The predicted molar refractivity (Wildman–Crippen MR) is 70.8 cm³/mol. The first-order chi connectivity index (χ1) is 8.21. The van der Waals surface area contributed by atoms with Gasteiger partial charge in [-0.15, -0.1) is 0 Å². The molecular weight excluding hydrogens is 253 g/mol. The van der Waals surface area contributed by atoms with E-state index in [9.17, 15) is 12.8 Å². The Balaban J connectivity index is 2.53. The Kier molecular flexibility index (Phi) is 4.87. The molecule has 0 heterocycles. The van der Waals surface area contributed by atoms with Crippen molar-refractivity contribution in [1.82, 2.24) is 5.32 Å². The normalized spacial score (nSPS) is 12.7.